The van der Waals surface area contributed by atoms with E-state index in [1.54, 1.807) is 25.6 Å². The predicted molar refractivity (Wildman–Crippen MR) is 93.7 cm³/mol. The highest BCUT2D eigenvalue weighted by Crippen LogP contribution is 2.27. The van der Waals surface area contributed by atoms with Crippen molar-refractivity contribution in [2.45, 2.75) is 26.3 Å². The molecular weight excluding hydrogens is 303 g/mol. The zero-order valence-corrected chi connectivity index (χ0v) is 14.0. The Hall–Kier alpha value is -2.62. The molecule has 4 heteroatoms. The van der Waals surface area contributed by atoms with Crippen LogP contribution in [0.3, 0.4) is 0 Å². The van der Waals surface area contributed by atoms with Gasteiger partial charge in [-0.2, -0.15) is 0 Å². The Morgan fingerprint density at radius 2 is 1.83 bits per heavy atom. The number of para-hydroxylation sites is 1. The average molecular weight is 324 g/mol. The van der Waals surface area contributed by atoms with Crippen LogP contribution in [-0.4, -0.2) is 16.7 Å². The molecule has 0 aliphatic carbocycles. The van der Waals surface area contributed by atoms with Crippen LogP contribution in [0, 0.1) is 5.82 Å². The molecule has 124 valence electrons. The summed E-state index contributed by atoms with van der Waals surface area (Å²) in [6, 6.07) is 14.7. The van der Waals surface area contributed by atoms with E-state index in [0.29, 0.717) is 12.1 Å². The first-order valence-corrected chi connectivity index (χ1v) is 8.15. The van der Waals surface area contributed by atoms with Crippen molar-refractivity contribution in [3.05, 3.63) is 71.9 Å². The third-order valence-corrected chi connectivity index (χ3v) is 4.10. The van der Waals surface area contributed by atoms with Crippen molar-refractivity contribution < 1.29 is 9.13 Å². The zero-order chi connectivity index (χ0) is 16.9. The smallest absolute Gasteiger partial charge is 0.132 e. The van der Waals surface area contributed by atoms with E-state index in [9.17, 15) is 4.39 Å². The van der Waals surface area contributed by atoms with E-state index in [2.05, 4.69) is 16.5 Å². The highest BCUT2D eigenvalue weighted by molar-refractivity contribution is 5.62. The number of rotatable bonds is 6. The monoisotopic (exact) mass is 324 g/mol. The van der Waals surface area contributed by atoms with Crippen molar-refractivity contribution in [3.63, 3.8) is 0 Å². The molecule has 0 amide bonds. The molecule has 1 heterocycles. The summed E-state index contributed by atoms with van der Waals surface area (Å²) in [5.41, 5.74) is 3.41. The number of hydrogen-bond donors (Lipinski definition) is 0. The molecule has 0 unspecified atom stereocenters. The fraction of sp³-hybridized carbons (Fsp3) is 0.250. The summed E-state index contributed by atoms with van der Waals surface area (Å²) < 4.78 is 21.7. The molecule has 24 heavy (non-hydrogen) atoms. The van der Waals surface area contributed by atoms with E-state index in [4.69, 9.17) is 4.74 Å². The Kier molecular flexibility index (Phi) is 4.94. The zero-order valence-electron chi connectivity index (χ0n) is 14.0. The number of methoxy groups -OCH3 is 1. The lowest BCUT2D eigenvalue weighted by molar-refractivity contribution is 0.408. The minimum absolute atomic E-state index is 0.239. The minimum atomic E-state index is -0.239. The lowest BCUT2D eigenvalue weighted by Crippen LogP contribution is -2.05. The van der Waals surface area contributed by atoms with Gasteiger partial charge in [0.15, 0.2) is 0 Å². The quantitative estimate of drug-likeness (QED) is 0.657. The minimum Gasteiger partial charge on any atom is -0.496 e. The molecule has 0 aliphatic heterocycles. The SMILES string of the molecule is CCCc1c(-c2ccccc2F)ncn1Cc1ccccc1OC. The van der Waals surface area contributed by atoms with Gasteiger partial charge in [-0.25, -0.2) is 9.37 Å². The van der Waals surface area contributed by atoms with Gasteiger partial charge in [-0.15, -0.1) is 0 Å². The molecule has 1 aromatic heterocycles. The molecule has 0 fully saturated rings. The Morgan fingerprint density at radius 1 is 1.08 bits per heavy atom. The van der Waals surface area contributed by atoms with Gasteiger partial charge in [0.25, 0.3) is 0 Å². The lowest BCUT2D eigenvalue weighted by Gasteiger charge is -2.12. The van der Waals surface area contributed by atoms with Gasteiger partial charge in [0.2, 0.25) is 0 Å². The van der Waals surface area contributed by atoms with E-state index in [1.165, 1.54) is 6.07 Å². The number of imidazole rings is 1. The molecule has 0 saturated heterocycles. The van der Waals surface area contributed by atoms with Gasteiger partial charge in [0.05, 0.1) is 25.7 Å². The fourth-order valence-electron chi connectivity index (χ4n) is 2.94. The molecule has 0 N–H and O–H groups in total. The van der Waals surface area contributed by atoms with Crippen molar-refractivity contribution in [3.8, 4) is 17.0 Å². The maximum absolute atomic E-state index is 14.2. The number of ether oxygens (including phenoxy) is 1. The summed E-state index contributed by atoms with van der Waals surface area (Å²) in [5, 5.41) is 0. The first-order chi connectivity index (χ1) is 11.7. The summed E-state index contributed by atoms with van der Waals surface area (Å²) in [7, 11) is 1.67. The Morgan fingerprint density at radius 3 is 2.58 bits per heavy atom. The van der Waals surface area contributed by atoms with Crippen molar-refractivity contribution in [2.75, 3.05) is 7.11 Å². The highest BCUT2D eigenvalue weighted by atomic mass is 19.1. The largest absolute Gasteiger partial charge is 0.496 e. The molecule has 0 spiro atoms. The van der Waals surface area contributed by atoms with Crippen LogP contribution in [0.2, 0.25) is 0 Å². The van der Waals surface area contributed by atoms with E-state index in [1.807, 2.05) is 30.3 Å². The Labute approximate surface area is 141 Å². The molecule has 0 radical (unpaired) electrons. The highest BCUT2D eigenvalue weighted by Gasteiger charge is 2.16. The third-order valence-electron chi connectivity index (χ3n) is 4.10. The van der Waals surface area contributed by atoms with Gasteiger partial charge in [0.1, 0.15) is 11.6 Å². The van der Waals surface area contributed by atoms with Crippen LogP contribution in [0.15, 0.2) is 54.9 Å². The number of benzene rings is 2. The van der Waals surface area contributed by atoms with E-state index in [-0.39, 0.29) is 5.82 Å². The van der Waals surface area contributed by atoms with Gasteiger partial charge in [-0.3, -0.25) is 0 Å². The summed E-state index contributed by atoms with van der Waals surface area (Å²) in [5.74, 6) is 0.610. The number of aromatic nitrogens is 2. The van der Waals surface area contributed by atoms with E-state index in [0.717, 1.165) is 35.5 Å². The molecule has 3 rings (SSSR count). The second-order valence-electron chi connectivity index (χ2n) is 5.71. The number of nitrogens with zero attached hydrogens (tertiary/aromatic N) is 2. The van der Waals surface area contributed by atoms with Gasteiger partial charge in [-0.1, -0.05) is 43.7 Å². The standard InChI is InChI=1S/C20H21FN2O/c1-3-8-18-20(16-10-5-6-11-17(16)21)22-14-23(18)13-15-9-4-7-12-19(15)24-2/h4-7,9-12,14H,3,8,13H2,1-2H3. The van der Waals surface area contributed by atoms with Crippen LogP contribution in [0.25, 0.3) is 11.3 Å². The molecule has 0 atom stereocenters. The summed E-state index contributed by atoms with van der Waals surface area (Å²) >= 11 is 0. The van der Waals surface area contributed by atoms with E-state index < -0.39 is 0 Å². The maximum Gasteiger partial charge on any atom is 0.132 e. The normalized spacial score (nSPS) is 10.8. The first-order valence-electron chi connectivity index (χ1n) is 8.15. The van der Waals surface area contributed by atoms with Crippen LogP contribution in [0.4, 0.5) is 4.39 Å². The first kappa shape index (κ1) is 16.2. The molecule has 3 aromatic rings. The molecule has 2 aromatic carbocycles. The molecule has 0 aliphatic rings. The van der Waals surface area contributed by atoms with E-state index >= 15 is 0 Å². The van der Waals surface area contributed by atoms with Gasteiger partial charge in [-0.05, 0) is 24.6 Å². The molecular formula is C20H21FN2O. The summed E-state index contributed by atoms with van der Waals surface area (Å²) in [4.78, 5) is 4.50. The predicted octanol–water partition coefficient (Wildman–Crippen LogP) is 4.70. The average Bonchev–Trinajstić information content (AvgIpc) is 2.99. The second kappa shape index (κ2) is 7.30. The maximum atomic E-state index is 14.2. The van der Waals surface area contributed by atoms with Crippen LogP contribution in [0.5, 0.6) is 5.75 Å². The topological polar surface area (TPSA) is 27.1 Å². The fourth-order valence-corrected chi connectivity index (χ4v) is 2.94. The van der Waals surface area contributed by atoms with Crippen molar-refractivity contribution in [1.82, 2.24) is 9.55 Å². The van der Waals surface area contributed by atoms with Crippen molar-refractivity contribution >= 4 is 0 Å². The summed E-state index contributed by atoms with van der Waals surface area (Å²) in [6.07, 6.45) is 3.61. The third kappa shape index (κ3) is 3.18. The van der Waals surface area contributed by atoms with Gasteiger partial charge >= 0.3 is 0 Å². The lowest BCUT2D eigenvalue weighted by atomic mass is 10.1. The summed E-state index contributed by atoms with van der Waals surface area (Å²) in [6.45, 7) is 2.77. The van der Waals surface area contributed by atoms with Gasteiger partial charge in [0, 0.05) is 16.8 Å². The van der Waals surface area contributed by atoms with Crippen LogP contribution in [0.1, 0.15) is 24.6 Å². The van der Waals surface area contributed by atoms with Crippen LogP contribution in [-0.2, 0) is 13.0 Å². The molecule has 0 saturated carbocycles. The van der Waals surface area contributed by atoms with Crippen molar-refractivity contribution in [1.29, 1.82) is 0 Å². The molecule has 3 nitrogen and oxygen atoms in total. The Balaban J connectivity index is 2.02. The van der Waals surface area contributed by atoms with Crippen LogP contribution >= 0.6 is 0 Å². The number of hydrogen-bond acceptors (Lipinski definition) is 2. The van der Waals surface area contributed by atoms with Gasteiger partial charge < -0.3 is 9.30 Å². The van der Waals surface area contributed by atoms with Crippen LogP contribution < -0.4 is 4.74 Å². The van der Waals surface area contributed by atoms with Crippen molar-refractivity contribution in [2.24, 2.45) is 0 Å². The molecule has 0 bridgehead atoms. The second-order valence-corrected chi connectivity index (χ2v) is 5.71. The Bertz CT molecular complexity index is 826. The number of halogens is 1.